The summed E-state index contributed by atoms with van der Waals surface area (Å²) < 4.78 is 1.47. The van der Waals surface area contributed by atoms with E-state index in [0.717, 1.165) is 0 Å². The molecular weight excluding hydrogens is 190 g/mol. The number of hydrogen-bond donors (Lipinski definition) is 1. The molecule has 1 heterocycles. The molecular formula is C6H9N5OS. The van der Waals surface area contributed by atoms with E-state index in [0.29, 0.717) is 11.7 Å². The molecule has 0 radical (unpaired) electrons. The zero-order chi connectivity index (χ0) is 9.68. The molecule has 1 aromatic heterocycles. The van der Waals surface area contributed by atoms with Crippen molar-refractivity contribution >= 4 is 11.8 Å². The molecule has 1 rings (SSSR count). The summed E-state index contributed by atoms with van der Waals surface area (Å²) in [6.07, 6.45) is 0. The van der Waals surface area contributed by atoms with E-state index in [1.807, 2.05) is 0 Å². The molecule has 1 N–H and O–H groups in total. The number of aliphatic hydroxyl groups is 1. The highest BCUT2D eigenvalue weighted by Gasteiger charge is 2.10. The predicted molar refractivity (Wildman–Crippen MR) is 45.8 cm³/mol. The van der Waals surface area contributed by atoms with Crippen molar-refractivity contribution in [3.63, 3.8) is 0 Å². The number of thioether (sulfide) groups is 1. The van der Waals surface area contributed by atoms with Crippen LogP contribution < -0.4 is 0 Å². The second-order valence-electron chi connectivity index (χ2n) is 2.30. The Labute approximate surface area is 79.5 Å². The van der Waals surface area contributed by atoms with Crippen LogP contribution in [0.2, 0.25) is 0 Å². The molecule has 70 valence electrons. The molecule has 13 heavy (non-hydrogen) atoms. The van der Waals surface area contributed by atoms with E-state index in [2.05, 4.69) is 21.6 Å². The lowest BCUT2D eigenvalue weighted by Crippen LogP contribution is -2.07. The summed E-state index contributed by atoms with van der Waals surface area (Å²) in [5.74, 6) is 0. The molecule has 0 fully saturated rings. The summed E-state index contributed by atoms with van der Waals surface area (Å²) in [4.78, 5) is 0. The molecule has 1 atom stereocenters. The SMILES string of the molecule is CC(C#N)Sc1nnnn1CCO. The molecule has 0 saturated heterocycles. The van der Waals surface area contributed by atoms with Gasteiger partial charge in [-0.25, -0.2) is 4.68 Å². The van der Waals surface area contributed by atoms with Gasteiger partial charge < -0.3 is 5.11 Å². The van der Waals surface area contributed by atoms with Crippen LogP contribution in [0, 0.1) is 11.3 Å². The highest BCUT2D eigenvalue weighted by atomic mass is 32.2. The van der Waals surface area contributed by atoms with Gasteiger partial charge in [0.15, 0.2) is 0 Å². The van der Waals surface area contributed by atoms with Crippen LogP contribution in [0.4, 0.5) is 0 Å². The zero-order valence-corrected chi connectivity index (χ0v) is 7.90. The third-order valence-corrected chi connectivity index (χ3v) is 2.24. The molecule has 7 heteroatoms. The van der Waals surface area contributed by atoms with Crippen LogP contribution in [0.15, 0.2) is 5.16 Å². The van der Waals surface area contributed by atoms with Crippen LogP contribution in [0.25, 0.3) is 0 Å². The number of aromatic nitrogens is 4. The van der Waals surface area contributed by atoms with Gasteiger partial charge in [-0.05, 0) is 17.4 Å². The van der Waals surface area contributed by atoms with Crippen molar-refractivity contribution in [1.82, 2.24) is 20.2 Å². The Morgan fingerprint density at radius 2 is 2.54 bits per heavy atom. The van der Waals surface area contributed by atoms with Gasteiger partial charge in [0.05, 0.1) is 24.5 Å². The van der Waals surface area contributed by atoms with Crippen molar-refractivity contribution in [2.24, 2.45) is 0 Å². The summed E-state index contributed by atoms with van der Waals surface area (Å²) in [5.41, 5.74) is 0. The second kappa shape index (κ2) is 4.79. The smallest absolute Gasteiger partial charge is 0.210 e. The van der Waals surface area contributed by atoms with Crippen LogP contribution in [0.5, 0.6) is 0 Å². The van der Waals surface area contributed by atoms with Crippen LogP contribution in [0.1, 0.15) is 6.92 Å². The molecule has 0 amide bonds. The fraction of sp³-hybridized carbons (Fsp3) is 0.667. The van der Waals surface area contributed by atoms with E-state index >= 15 is 0 Å². The van der Waals surface area contributed by atoms with Crippen molar-refractivity contribution in [1.29, 1.82) is 5.26 Å². The van der Waals surface area contributed by atoms with Crippen LogP contribution in [-0.2, 0) is 6.54 Å². The first-order chi connectivity index (χ1) is 6.27. The van der Waals surface area contributed by atoms with Gasteiger partial charge in [0.1, 0.15) is 0 Å². The first kappa shape index (κ1) is 9.95. The predicted octanol–water partition coefficient (Wildman–Crippen LogP) is -0.330. The summed E-state index contributed by atoms with van der Waals surface area (Å²) in [6.45, 7) is 2.11. The molecule has 6 nitrogen and oxygen atoms in total. The molecule has 0 bridgehead atoms. The minimum atomic E-state index is -0.191. The quantitative estimate of drug-likeness (QED) is 0.668. The molecule has 0 aliphatic rings. The van der Waals surface area contributed by atoms with Crippen molar-refractivity contribution in [3.8, 4) is 6.07 Å². The number of tetrazole rings is 1. The van der Waals surface area contributed by atoms with Gasteiger partial charge in [0.2, 0.25) is 5.16 Å². The number of hydrogen-bond acceptors (Lipinski definition) is 6. The van der Waals surface area contributed by atoms with Crippen molar-refractivity contribution in [2.45, 2.75) is 23.9 Å². The van der Waals surface area contributed by atoms with Crippen LogP contribution >= 0.6 is 11.8 Å². The fourth-order valence-corrected chi connectivity index (χ4v) is 1.40. The van der Waals surface area contributed by atoms with E-state index < -0.39 is 0 Å². The first-order valence-electron chi connectivity index (χ1n) is 3.71. The lowest BCUT2D eigenvalue weighted by atomic mass is 10.5. The monoisotopic (exact) mass is 199 g/mol. The first-order valence-corrected chi connectivity index (χ1v) is 4.59. The lowest BCUT2D eigenvalue weighted by molar-refractivity contribution is 0.262. The lowest BCUT2D eigenvalue weighted by Gasteiger charge is -2.01. The molecule has 0 aromatic carbocycles. The summed E-state index contributed by atoms with van der Waals surface area (Å²) >= 11 is 1.27. The van der Waals surface area contributed by atoms with E-state index in [1.165, 1.54) is 16.4 Å². The molecule has 1 unspecified atom stereocenters. The van der Waals surface area contributed by atoms with Gasteiger partial charge in [0, 0.05) is 0 Å². The maximum absolute atomic E-state index is 8.66. The largest absolute Gasteiger partial charge is 0.394 e. The van der Waals surface area contributed by atoms with Crippen molar-refractivity contribution in [3.05, 3.63) is 0 Å². The number of nitrogens with zero attached hydrogens (tertiary/aromatic N) is 5. The highest BCUT2D eigenvalue weighted by Crippen LogP contribution is 2.18. The average Bonchev–Trinajstić information content (AvgIpc) is 2.54. The average molecular weight is 199 g/mol. The highest BCUT2D eigenvalue weighted by molar-refractivity contribution is 8.00. The molecule has 0 aliphatic carbocycles. The van der Waals surface area contributed by atoms with Gasteiger partial charge in [-0.3, -0.25) is 0 Å². The Bertz CT molecular complexity index is 306. The Morgan fingerprint density at radius 3 is 3.15 bits per heavy atom. The minimum Gasteiger partial charge on any atom is -0.394 e. The third-order valence-electron chi connectivity index (χ3n) is 1.27. The summed E-state index contributed by atoms with van der Waals surface area (Å²) in [6, 6.07) is 2.06. The Kier molecular flexibility index (Phi) is 3.67. The van der Waals surface area contributed by atoms with Gasteiger partial charge >= 0.3 is 0 Å². The van der Waals surface area contributed by atoms with Gasteiger partial charge in [-0.1, -0.05) is 11.8 Å². The van der Waals surface area contributed by atoms with E-state index in [9.17, 15) is 0 Å². The summed E-state index contributed by atoms with van der Waals surface area (Å²) in [5, 5.41) is 28.4. The van der Waals surface area contributed by atoms with Crippen LogP contribution in [-0.4, -0.2) is 37.2 Å². The second-order valence-corrected chi connectivity index (χ2v) is 3.61. The van der Waals surface area contributed by atoms with Crippen molar-refractivity contribution < 1.29 is 5.11 Å². The van der Waals surface area contributed by atoms with E-state index in [-0.39, 0.29) is 11.9 Å². The summed E-state index contributed by atoms with van der Waals surface area (Å²) in [7, 11) is 0. The fourth-order valence-electron chi connectivity index (χ4n) is 0.700. The standard InChI is InChI=1S/C6H9N5OS/c1-5(4-7)13-6-8-9-10-11(6)2-3-12/h5,12H,2-3H2,1H3. The number of rotatable bonds is 4. The topological polar surface area (TPSA) is 87.6 Å². The van der Waals surface area contributed by atoms with Gasteiger partial charge in [-0.15, -0.1) is 5.10 Å². The van der Waals surface area contributed by atoms with Crippen LogP contribution in [0.3, 0.4) is 0 Å². The maximum Gasteiger partial charge on any atom is 0.210 e. The molecule has 0 spiro atoms. The van der Waals surface area contributed by atoms with E-state index in [1.54, 1.807) is 6.92 Å². The third kappa shape index (κ3) is 2.68. The number of nitriles is 1. The maximum atomic E-state index is 8.66. The van der Waals surface area contributed by atoms with Crippen molar-refractivity contribution in [2.75, 3.05) is 6.61 Å². The van der Waals surface area contributed by atoms with Gasteiger partial charge in [-0.2, -0.15) is 5.26 Å². The Hall–Kier alpha value is -1.13. The Morgan fingerprint density at radius 1 is 1.77 bits per heavy atom. The van der Waals surface area contributed by atoms with Gasteiger partial charge in [0.25, 0.3) is 0 Å². The zero-order valence-electron chi connectivity index (χ0n) is 7.08. The Balaban J connectivity index is 2.66. The molecule has 0 aliphatic heterocycles. The normalized spacial score (nSPS) is 12.4. The molecule has 1 aromatic rings. The molecule has 0 saturated carbocycles. The van der Waals surface area contributed by atoms with E-state index in [4.69, 9.17) is 10.4 Å². The number of aliphatic hydroxyl groups excluding tert-OH is 1. The minimum absolute atomic E-state index is 0.0144.